The van der Waals surface area contributed by atoms with Crippen LogP contribution in [0.2, 0.25) is 0 Å². The van der Waals surface area contributed by atoms with E-state index in [0.29, 0.717) is 0 Å². The summed E-state index contributed by atoms with van der Waals surface area (Å²) in [4.78, 5) is 0. The predicted molar refractivity (Wildman–Crippen MR) is 79.1 cm³/mol. The van der Waals surface area contributed by atoms with Crippen LogP contribution in [0.4, 0.5) is 0 Å². The van der Waals surface area contributed by atoms with Gasteiger partial charge in [0, 0.05) is 21.3 Å². The third kappa shape index (κ3) is 2.57. The van der Waals surface area contributed by atoms with Crippen molar-refractivity contribution >= 4 is 19.6 Å². The summed E-state index contributed by atoms with van der Waals surface area (Å²) in [5.74, 6) is 0. The van der Waals surface area contributed by atoms with Gasteiger partial charge in [-0.1, -0.05) is 49.4 Å². The van der Waals surface area contributed by atoms with Gasteiger partial charge in [-0.25, -0.2) is 0 Å². The van der Waals surface area contributed by atoms with Gasteiger partial charge in [0.15, 0.2) is 0 Å². The Morgan fingerprint density at radius 3 is 2.00 bits per heavy atom. The highest BCUT2D eigenvalue weighted by atomic mass is 28.4. The smallest absolute Gasteiger partial charge is 0.376 e. The summed E-state index contributed by atoms with van der Waals surface area (Å²) in [6.07, 6.45) is 0. The van der Waals surface area contributed by atoms with Crippen LogP contribution in [0.1, 0.15) is 18.0 Å². The van der Waals surface area contributed by atoms with Gasteiger partial charge in [0.25, 0.3) is 0 Å². The minimum Gasteiger partial charge on any atom is -0.376 e. The van der Waals surface area contributed by atoms with Gasteiger partial charge in [-0.15, -0.1) is 0 Å². The Labute approximate surface area is 115 Å². The third-order valence-electron chi connectivity index (χ3n) is 3.66. The average Bonchev–Trinajstić information content (AvgIpc) is 2.49. The standard InChI is InChI=1S/C15H20O3Si/c1-12(19(16-2,17-3)18-4)14-10-9-13-7-5-6-8-15(13)11-14/h5-12H,1-4H3. The lowest BCUT2D eigenvalue weighted by atomic mass is 10.1. The third-order valence-corrected chi connectivity index (χ3v) is 6.76. The van der Waals surface area contributed by atoms with Gasteiger partial charge < -0.3 is 13.3 Å². The van der Waals surface area contributed by atoms with Crippen LogP contribution >= 0.6 is 0 Å². The molecule has 0 bridgehead atoms. The first kappa shape index (κ1) is 14.2. The minimum absolute atomic E-state index is 0.0945. The van der Waals surface area contributed by atoms with Gasteiger partial charge in [-0.2, -0.15) is 0 Å². The van der Waals surface area contributed by atoms with Crippen molar-refractivity contribution in [3.05, 3.63) is 48.0 Å². The van der Waals surface area contributed by atoms with Crippen LogP contribution in [-0.4, -0.2) is 30.1 Å². The van der Waals surface area contributed by atoms with Crippen molar-refractivity contribution < 1.29 is 13.3 Å². The lowest BCUT2D eigenvalue weighted by molar-refractivity contribution is 0.114. The fourth-order valence-corrected chi connectivity index (χ4v) is 4.61. The molecule has 0 aliphatic carbocycles. The molecule has 0 aliphatic rings. The SMILES string of the molecule is CO[Si](OC)(OC)C(C)c1ccc2ccccc2c1. The number of benzene rings is 2. The molecule has 0 saturated heterocycles. The second kappa shape index (κ2) is 5.84. The summed E-state index contributed by atoms with van der Waals surface area (Å²) in [5, 5.41) is 2.45. The van der Waals surface area contributed by atoms with Crippen LogP contribution < -0.4 is 0 Å². The van der Waals surface area contributed by atoms with Crippen molar-refractivity contribution in [3.8, 4) is 0 Å². The Balaban J connectivity index is 2.43. The van der Waals surface area contributed by atoms with E-state index < -0.39 is 8.80 Å². The van der Waals surface area contributed by atoms with Gasteiger partial charge in [-0.05, 0) is 16.3 Å². The van der Waals surface area contributed by atoms with Gasteiger partial charge >= 0.3 is 8.80 Å². The molecule has 102 valence electrons. The summed E-state index contributed by atoms with van der Waals surface area (Å²) in [6, 6.07) is 14.7. The maximum absolute atomic E-state index is 5.56. The number of hydrogen-bond donors (Lipinski definition) is 0. The lowest BCUT2D eigenvalue weighted by Crippen LogP contribution is -2.48. The predicted octanol–water partition coefficient (Wildman–Crippen LogP) is 3.36. The molecule has 19 heavy (non-hydrogen) atoms. The molecule has 0 N–H and O–H groups in total. The molecule has 0 fully saturated rings. The second-order valence-electron chi connectivity index (χ2n) is 4.54. The summed E-state index contributed by atoms with van der Waals surface area (Å²) in [7, 11) is 2.30. The van der Waals surface area contributed by atoms with Gasteiger partial charge in [-0.3, -0.25) is 0 Å². The molecule has 0 amide bonds. The quantitative estimate of drug-likeness (QED) is 0.784. The molecule has 0 spiro atoms. The normalized spacial score (nSPS) is 13.7. The van der Waals surface area contributed by atoms with E-state index in [9.17, 15) is 0 Å². The van der Waals surface area contributed by atoms with Crippen molar-refractivity contribution in [2.24, 2.45) is 0 Å². The lowest BCUT2D eigenvalue weighted by Gasteiger charge is -2.30. The zero-order valence-corrected chi connectivity index (χ0v) is 12.8. The van der Waals surface area contributed by atoms with Crippen molar-refractivity contribution in [1.82, 2.24) is 0 Å². The first-order chi connectivity index (χ1) is 9.16. The van der Waals surface area contributed by atoms with E-state index in [1.54, 1.807) is 21.3 Å². The first-order valence-corrected chi connectivity index (χ1v) is 8.11. The summed E-state index contributed by atoms with van der Waals surface area (Å²) in [5.41, 5.74) is 1.27. The van der Waals surface area contributed by atoms with E-state index in [0.717, 1.165) is 0 Å². The van der Waals surface area contributed by atoms with Crippen molar-refractivity contribution in [3.63, 3.8) is 0 Å². The van der Waals surface area contributed by atoms with E-state index in [2.05, 4.69) is 37.3 Å². The molecule has 2 aromatic rings. The summed E-state index contributed by atoms with van der Waals surface area (Å²) in [6.45, 7) is 2.09. The molecule has 4 heteroatoms. The Morgan fingerprint density at radius 1 is 0.842 bits per heavy atom. The fraction of sp³-hybridized carbons (Fsp3) is 0.333. The van der Waals surface area contributed by atoms with Crippen LogP contribution in [0.5, 0.6) is 0 Å². The molecule has 0 heterocycles. The molecule has 0 radical (unpaired) electrons. The Morgan fingerprint density at radius 2 is 1.42 bits per heavy atom. The van der Waals surface area contributed by atoms with E-state index >= 15 is 0 Å². The zero-order valence-electron chi connectivity index (χ0n) is 11.8. The highest BCUT2D eigenvalue weighted by Gasteiger charge is 2.45. The summed E-state index contributed by atoms with van der Waals surface area (Å²) >= 11 is 0. The van der Waals surface area contributed by atoms with Crippen molar-refractivity contribution in [2.75, 3.05) is 21.3 Å². The topological polar surface area (TPSA) is 27.7 Å². The van der Waals surface area contributed by atoms with Crippen LogP contribution in [0.3, 0.4) is 0 Å². The minimum atomic E-state index is -2.65. The molecule has 0 aromatic heterocycles. The maximum Gasteiger partial charge on any atom is 0.507 e. The van der Waals surface area contributed by atoms with Gasteiger partial charge in [0.1, 0.15) is 0 Å². The van der Waals surface area contributed by atoms with Gasteiger partial charge in [0.05, 0.1) is 5.54 Å². The number of rotatable bonds is 5. The second-order valence-corrected chi connectivity index (χ2v) is 7.84. The molecular weight excluding hydrogens is 256 g/mol. The molecule has 1 unspecified atom stereocenters. The van der Waals surface area contributed by atoms with Crippen LogP contribution in [0, 0.1) is 0 Å². The molecule has 1 atom stereocenters. The van der Waals surface area contributed by atoms with E-state index in [1.807, 2.05) is 12.1 Å². The van der Waals surface area contributed by atoms with E-state index in [4.69, 9.17) is 13.3 Å². The van der Waals surface area contributed by atoms with Crippen LogP contribution in [0.25, 0.3) is 10.8 Å². The molecule has 0 aliphatic heterocycles. The molecule has 2 aromatic carbocycles. The first-order valence-electron chi connectivity index (χ1n) is 6.31. The maximum atomic E-state index is 5.56. The van der Waals surface area contributed by atoms with Gasteiger partial charge in [0.2, 0.25) is 0 Å². The van der Waals surface area contributed by atoms with Crippen LogP contribution in [0.15, 0.2) is 42.5 Å². The Hall–Kier alpha value is -1.20. The molecule has 2 rings (SSSR count). The van der Waals surface area contributed by atoms with Crippen molar-refractivity contribution in [2.45, 2.75) is 12.5 Å². The largest absolute Gasteiger partial charge is 0.507 e. The number of hydrogen-bond acceptors (Lipinski definition) is 3. The molecule has 3 nitrogen and oxygen atoms in total. The van der Waals surface area contributed by atoms with Crippen molar-refractivity contribution in [1.29, 1.82) is 0 Å². The molecule has 0 saturated carbocycles. The molecular formula is C15H20O3Si. The Bertz CT molecular complexity index is 544. The Kier molecular flexibility index (Phi) is 4.37. The van der Waals surface area contributed by atoms with E-state index in [-0.39, 0.29) is 5.54 Å². The average molecular weight is 276 g/mol. The monoisotopic (exact) mass is 276 g/mol. The van der Waals surface area contributed by atoms with E-state index in [1.165, 1.54) is 16.3 Å². The fourth-order valence-electron chi connectivity index (χ4n) is 2.46. The highest BCUT2D eigenvalue weighted by molar-refractivity contribution is 6.62. The highest BCUT2D eigenvalue weighted by Crippen LogP contribution is 2.30. The zero-order chi connectivity index (χ0) is 13.9. The summed E-state index contributed by atoms with van der Waals surface area (Å²) < 4.78 is 16.7. The number of fused-ring (bicyclic) bond motifs is 1. The van der Waals surface area contributed by atoms with Crippen LogP contribution in [-0.2, 0) is 13.3 Å².